The van der Waals surface area contributed by atoms with Crippen molar-refractivity contribution < 1.29 is 28.7 Å². The number of esters is 2. The summed E-state index contributed by atoms with van der Waals surface area (Å²) < 4.78 is 9.83. The maximum Gasteiger partial charge on any atom is 0.333 e. The van der Waals surface area contributed by atoms with Gasteiger partial charge in [-0.05, 0) is 24.7 Å². The number of nitrogens with zero attached hydrogens (tertiary/aromatic N) is 1. The Morgan fingerprint density at radius 2 is 1.83 bits per heavy atom. The van der Waals surface area contributed by atoms with Gasteiger partial charge in [0.05, 0.1) is 13.0 Å². The number of hydrogen-bond donors (Lipinski definition) is 0. The second kappa shape index (κ2) is 6.75. The molecule has 0 N–H and O–H groups in total. The monoisotopic (exact) mass is 337 g/mol. The smallest absolute Gasteiger partial charge is 0.333 e. The highest BCUT2D eigenvalue weighted by atomic mass is 16.5. The standard InChI is InChI=1S/C17H23NO6/c1-10(15(21)23-4)8-11-14(17(11,2)3)16(22)24-9-18-12(19)6-5-7-13(18)20/h8,11,14H,5-7,9H2,1-4H3. The highest BCUT2D eigenvalue weighted by molar-refractivity contribution is 5.97. The molecule has 2 atom stereocenters. The largest absolute Gasteiger partial charge is 0.466 e. The van der Waals surface area contributed by atoms with Crippen molar-refractivity contribution in [2.24, 2.45) is 17.3 Å². The first-order valence-electron chi connectivity index (χ1n) is 7.96. The Bertz CT molecular complexity index is 590. The highest BCUT2D eigenvalue weighted by Gasteiger charge is 2.61. The number of carbonyl (C=O) groups excluding carboxylic acids is 4. The van der Waals surface area contributed by atoms with Gasteiger partial charge >= 0.3 is 11.9 Å². The van der Waals surface area contributed by atoms with Gasteiger partial charge in [-0.1, -0.05) is 19.9 Å². The third kappa shape index (κ3) is 3.49. The summed E-state index contributed by atoms with van der Waals surface area (Å²) in [7, 11) is 1.30. The normalized spacial score (nSPS) is 26.2. The molecular weight excluding hydrogens is 314 g/mol. The molecule has 24 heavy (non-hydrogen) atoms. The fourth-order valence-electron chi connectivity index (χ4n) is 3.10. The Kier molecular flexibility index (Phi) is 5.11. The zero-order valence-electron chi connectivity index (χ0n) is 14.5. The molecule has 2 amide bonds. The molecule has 0 aromatic rings. The van der Waals surface area contributed by atoms with E-state index in [0.717, 1.165) is 4.90 Å². The van der Waals surface area contributed by atoms with Gasteiger partial charge in [-0.2, -0.15) is 0 Å². The number of ether oxygens (including phenoxy) is 2. The average molecular weight is 337 g/mol. The third-order valence-electron chi connectivity index (χ3n) is 4.82. The minimum Gasteiger partial charge on any atom is -0.466 e. The van der Waals surface area contributed by atoms with Crippen LogP contribution in [-0.4, -0.2) is 42.5 Å². The molecule has 0 bridgehead atoms. The lowest BCUT2D eigenvalue weighted by atomic mass is 10.1. The Morgan fingerprint density at radius 1 is 1.25 bits per heavy atom. The zero-order valence-corrected chi connectivity index (χ0v) is 14.5. The third-order valence-corrected chi connectivity index (χ3v) is 4.82. The van der Waals surface area contributed by atoms with Crippen LogP contribution in [-0.2, 0) is 28.7 Å². The Labute approximate surface area is 141 Å². The predicted octanol–water partition coefficient (Wildman–Crippen LogP) is 1.42. The molecule has 0 aromatic carbocycles. The topological polar surface area (TPSA) is 90.0 Å². The summed E-state index contributed by atoms with van der Waals surface area (Å²) in [6.07, 6.45) is 2.84. The molecule has 1 saturated carbocycles. The lowest BCUT2D eigenvalue weighted by Gasteiger charge is -2.24. The van der Waals surface area contributed by atoms with Crippen molar-refractivity contribution in [3.05, 3.63) is 11.6 Å². The molecule has 1 saturated heterocycles. The van der Waals surface area contributed by atoms with Crippen molar-refractivity contribution in [3.63, 3.8) is 0 Å². The van der Waals surface area contributed by atoms with Gasteiger partial charge in [-0.3, -0.25) is 14.4 Å². The number of piperidine rings is 1. The van der Waals surface area contributed by atoms with Crippen molar-refractivity contribution in [1.82, 2.24) is 4.90 Å². The van der Waals surface area contributed by atoms with Crippen LogP contribution >= 0.6 is 0 Å². The van der Waals surface area contributed by atoms with Gasteiger partial charge in [-0.25, -0.2) is 9.69 Å². The minimum absolute atomic E-state index is 0.142. The van der Waals surface area contributed by atoms with E-state index >= 15 is 0 Å². The lowest BCUT2D eigenvalue weighted by molar-refractivity contribution is -0.162. The molecule has 7 nitrogen and oxygen atoms in total. The number of likely N-dealkylation sites (tertiary alicyclic amines) is 1. The fourth-order valence-corrected chi connectivity index (χ4v) is 3.10. The first-order valence-corrected chi connectivity index (χ1v) is 7.96. The number of imide groups is 1. The Balaban J connectivity index is 1.96. The summed E-state index contributed by atoms with van der Waals surface area (Å²) in [5, 5.41) is 0. The van der Waals surface area contributed by atoms with E-state index in [1.165, 1.54) is 7.11 Å². The molecular formula is C17H23NO6. The van der Waals surface area contributed by atoms with Crippen LogP contribution in [0.25, 0.3) is 0 Å². The van der Waals surface area contributed by atoms with E-state index in [4.69, 9.17) is 4.74 Å². The number of carbonyl (C=O) groups is 4. The fraction of sp³-hybridized carbons (Fsp3) is 0.647. The van der Waals surface area contributed by atoms with Crippen molar-refractivity contribution >= 4 is 23.8 Å². The molecule has 2 unspecified atom stereocenters. The Hall–Kier alpha value is -2.18. The van der Waals surface area contributed by atoms with Gasteiger partial charge in [0, 0.05) is 18.4 Å². The summed E-state index contributed by atoms with van der Waals surface area (Å²) in [6, 6.07) is 0. The van der Waals surface area contributed by atoms with E-state index in [0.29, 0.717) is 24.8 Å². The van der Waals surface area contributed by atoms with E-state index < -0.39 is 17.9 Å². The van der Waals surface area contributed by atoms with Crippen LogP contribution in [0.2, 0.25) is 0 Å². The van der Waals surface area contributed by atoms with Crippen LogP contribution in [0.5, 0.6) is 0 Å². The summed E-state index contributed by atoms with van der Waals surface area (Å²) >= 11 is 0. The number of allylic oxidation sites excluding steroid dienone is 1. The molecule has 2 fully saturated rings. The van der Waals surface area contributed by atoms with E-state index in [1.54, 1.807) is 13.0 Å². The number of rotatable bonds is 5. The maximum atomic E-state index is 12.3. The van der Waals surface area contributed by atoms with Crippen LogP contribution in [0.1, 0.15) is 40.0 Å². The van der Waals surface area contributed by atoms with Crippen molar-refractivity contribution in [3.8, 4) is 0 Å². The molecule has 2 rings (SSSR count). The van der Waals surface area contributed by atoms with Crippen LogP contribution in [0.4, 0.5) is 0 Å². The predicted molar refractivity (Wildman–Crippen MR) is 83.2 cm³/mol. The van der Waals surface area contributed by atoms with Crippen LogP contribution < -0.4 is 0 Å². The minimum atomic E-state index is -0.468. The lowest BCUT2D eigenvalue weighted by Crippen LogP contribution is -2.42. The summed E-state index contributed by atoms with van der Waals surface area (Å²) in [6.45, 7) is 5.10. The highest BCUT2D eigenvalue weighted by Crippen LogP contribution is 2.59. The molecule has 0 radical (unpaired) electrons. The second-order valence-corrected chi connectivity index (χ2v) is 6.83. The molecule has 0 spiro atoms. The van der Waals surface area contributed by atoms with Gasteiger partial charge in [0.25, 0.3) is 0 Å². The van der Waals surface area contributed by atoms with E-state index in [1.807, 2.05) is 13.8 Å². The van der Waals surface area contributed by atoms with Crippen LogP contribution in [0.15, 0.2) is 11.6 Å². The zero-order chi connectivity index (χ0) is 18.1. The molecule has 1 heterocycles. The van der Waals surface area contributed by atoms with Gasteiger partial charge in [0.15, 0.2) is 6.73 Å². The first kappa shape index (κ1) is 18.2. The van der Waals surface area contributed by atoms with Crippen LogP contribution in [0, 0.1) is 17.3 Å². The second-order valence-electron chi connectivity index (χ2n) is 6.83. The summed E-state index contributed by atoms with van der Waals surface area (Å²) in [5.74, 6) is -2.08. The molecule has 1 aliphatic heterocycles. The number of amides is 2. The molecule has 7 heteroatoms. The molecule has 1 aliphatic carbocycles. The first-order chi connectivity index (χ1) is 11.2. The number of methoxy groups -OCH3 is 1. The van der Waals surface area contributed by atoms with Gasteiger partial charge in [0.1, 0.15) is 0 Å². The molecule has 2 aliphatic rings. The van der Waals surface area contributed by atoms with E-state index in [9.17, 15) is 19.2 Å². The Morgan fingerprint density at radius 3 is 2.38 bits per heavy atom. The quantitative estimate of drug-likeness (QED) is 0.428. The number of hydrogen-bond acceptors (Lipinski definition) is 6. The van der Waals surface area contributed by atoms with Crippen molar-refractivity contribution in [1.29, 1.82) is 0 Å². The SMILES string of the molecule is COC(=O)C(C)=CC1C(C(=O)OCN2C(=O)CCCC2=O)C1(C)C. The van der Waals surface area contributed by atoms with E-state index in [-0.39, 0.29) is 29.9 Å². The van der Waals surface area contributed by atoms with Crippen molar-refractivity contribution in [2.75, 3.05) is 13.8 Å². The van der Waals surface area contributed by atoms with E-state index in [2.05, 4.69) is 4.74 Å². The van der Waals surface area contributed by atoms with Gasteiger partial charge < -0.3 is 9.47 Å². The summed E-state index contributed by atoms with van der Waals surface area (Å²) in [5.41, 5.74) is 0.0923. The van der Waals surface area contributed by atoms with Gasteiger partial charge in [0.2, 0.25) is 11.8 Å². The summed E-state index contributed by atoms with van der Waals surface area (Å²) in [4.78, 5) is 48.2. The maximum absolute atomic E-state index is 12.3. The molecule has 0 aromatic heterocycles. The average Bonchev–Trinajstić information content (AvgIpc) is 3.06. The molecule has 132 valence electrons. The van der Waals surface area contributed by atoms with Crippen LogP contribution in [0.3, 0.4) is 0 Å². The van der Waals surface area contributed by atoms with Gasteiger partial charge in [-0.15, -0.1) is 0 Å². The van der Waals surface area contributed by atoms with Crippen molar-refractivity contribution in [2.45, 2.75) is 40.0 Å².